The molecule has 0 saturated heterocycles. The highest BCUT2D eigenvalue weighted by Gasteiger charge is 2.25. The van der Waals surface area contributed by atoms with Gasteiger partial charge in [0.25, 0.3) is 5.56 Å². The van der Waals surface area contributed by atoms with Crippen molar-refractivity contribution in [3.8, 4) is 16.9 Å². The highest BCUT2D eigenvalue weighted by atomic mass is 35.5. The molecule has 1 aliphatic rings. The van der Waals surface area contributed by atoms with E-state index in [0.29, 0.717) is 6.04 Å². The second kappa shape index (κ2) is 11.3. The van der Waals surface area contributed by atoms with Gasteiger partial charge >= 0.3 is 5.69 Å². The Morgan fingerprint density at radius 2 is 1.69 bits per heavy atom. The van der Waals surface area contributed by atoms with Gasteiger partial charge < -0.3 is 10.1 Å². The van der Waals surface area contributed by atoms with Crippen molar-refractivity contribution in [3.05, 3.63) is 85.9 Å². The second-order valence-corrected chi connectivity index (χ2v) is 8.96. The lowest BCUT2D eigenvalue weighted by Gasteiger charge is -2.30. The summed E-state index contributed by atoms with van der Waals surface area (Å²) in [4.78, 5) is 27.0. The topological polar surface area (TPSA) is 65.3 Å². The van der Waals surface area contributed by atoms with Crippen LogP contribution in [0.4, 0.5) is 13.2 Å². The van der Waals surface area contributed by atoms with Gasteiger partial charge in [0.05, 0.1) is 19.2 Å². The molecule has 2 aromatic carbocycles. The average molecular weight is 524 g/mol. The predicted octanol–water partition coefficient (Wildman–Crippen LogP) is 4.41. The SMILES string of the molecule is COc1cccc(-c2c(C)n(Cc3c(F)cccc3F)c(=O)n(C[C@H](C)NC3CCC3)c2=O)c1F.Cl. The molecule has 1 saturated carbocycles. The summed E-state index contributed by atoms with van der Waals surface area (Å²) in [5, 5.41) is 3.39. The van der Waals surface area contributed by atoms with Crippen molar-refractivity contribution >= 4 is 12.4 Å². The minimum Gasteiger partial charge on any atom is -0.494 e. The van der Waals surface area contributed by atoms with Crippen molar-refractivity contribution < 1.29 is 17.9 Å². The fraction of sp³-hybridized carbons (Fsp3) is 0.385. The van der Waals surface area contributed by atoms with Crippen LogP contribution in [0.2, 0.25) is 0 Å². The molecule has 6 nitrogen and oxygen atoms in total. The minimum absolute atomic E-state index is 0. The van der Waals surface area contributed by atoms with Gasteiger partial charge in [0.2, 0.25) is 0 Å². The Hall–Kier alpha value is -3.04. The summed E-state index contributed by atoms with van der Waals surface area (Å²) in [5.74, 6) is -2.46. The Labute approximate surface area is 213 Å². The molecule has 194 valence electrons. The molecule has 0 spiro atoms. The van der Waals surface area contributed by atoms with Crippen molar-refractivity contribution in [1.29, 1.82) is 0 Å². The average Bonchev–Trinajstić information content (AvgIpc) is 2.79. The highest BCUT2D eigenvalue weighted by Crippen LogP contribution is 2.29. The molecule has 1 fully saturated rings. The molecule has 4 rings (SSSR count). The number of hydrogen-bond donors (Lipinski definition) is 1. The van der Waals surface area contributed by atoms with Crippen molar-refractivity contribution in [3.63, 3.8) is 0 Å². The van der Waals surface area contributed by atoms with Crippen LogP contribution in [0.25, 0.3) is 11.1 Å². The summed E-state index contributed by atoms with van der Waals surface area (Å²) < 4.78 is 51.3. The van der Waals surface area contributed by atoms with Crippen LogP contribution in [0, 0.1) is 24.4 Å². The van der Waals surface area contributed by atoms with Crippen LogP contribution >= 0.6 is 12.4 Å². The Kier molecular flexibility index (Phi) is 8.68. The molecule has 1 atom stereocenters. The molecule has 10 heteroatoms. The fourth-order valence-electron chi connectivity index (χ4n) is 4.46. The lowest BCUT2D eigenvalue weighted by molar-refractivity contribution is 0.294. The highest BCUT2D eigenvalue weighted by molar-refractivity contribution is 5.85. The Balaban J connectivity index is 0.00000361. The lowest BCUT2D eigenvalue weighted by atomic mass is 9.92. The van der Waals surface area contributed by atoms with E-state index in [1.54, 1.807) is 0 Å². The molecule has 0 radical (unpaired) electrons. The van der Waals surface area contributed by atoms with E-state index in [2.05, 4.69) is 5.32 Å². The number of halogens is 4. The fourth-order valence-corrected chi connectivity index (χ4v) is 4.46. The molecule has 0 bridgehead atoms. The third kappa shape index (κ3) is 5.22. The van der Waals surface area contributed by atoms with Gasteiger partial charge in [0.15, 0.2) is 11.6 Å². The first-order valence-corrected chi connectivity index (χ1v) is 11.6. The van der Waals surface area contributed by atoms with E-state index >= 15 is 4.39 Å². The van der Waals surface area contributed by atoms with Gasteiger partial charge in [-0.1, -0.05) is 24.6 Å². The van der Waals surface area contributed by atoms with Crippen LogP contribution in [-0.4, -0.2) is 28.3 Å². The van der Waals surface area contributed by atoms with Gasteiger partial charge in [-0.2, -0.15) is 0 Å². The van der Waals surface area contributed by atoms with Crippen LogP contribution in [0.1, 0.15) is 37.4 Å². The third-order valence-corrected chi connectivity index (χ3v) is 6.60. The zero-order valence-corrected chi connectivity index (χ0v) is 21.1. The van der Waals surface area contributed by atoms with Crippen molar-refractivity contribution in [2.75, 3.05) is 7.11 Å². The molecular formula is C26H29ClF3N3O3. The van der Waals surface area contributed by atoms with Gasteiger partial charge in [0.1, 0.15) is 11.6 Å². The zero-order chi connectivity index (χ0) is 25.3. The molecule has 1 aromatic heterocycles. The van der Waals surface area contributed by atoms with Gasteiger partial charge in [-0.15, -0.1) is 12.4 Å². The maximum Gasteiger partial charge on any atom is 0.331 e. The molecule has 0 unspecified atom stereocenters. The van der Waals surface area contributed by atoms with Gasteiger partial charge in [-0.25, -0.2) is 18.0 Å². The summed E-state index contributed by atoms with van der Waals surface area (Å²) in [6.07, 6.45) is 3.16. The number of rotatable bonds is 8. The van der Waals surface area contributed by atoms with Gasteiger partial charge in [-0.05, 0) is 44.9 Å². The summed E-state index contributed by atoms with van der Waals surface area (Å²) in [7, 11) is 1.31. The number of nitrogens with zero attached hydrogens (tertiary/aromatic N) is 2. The summed E-state index contributed by atoms with van der Waals surface area (Å²) in [6, 6.07) is 7.89. The summed E-state index contributed by atoms with van der Waals surface area (Å²) >= 11 is 0. The van der Waals surface area contributed by atoms with E-state index in [-0.39, 0.29) is 53.1 Å². The predicted molar refractivity (Wildman–Crippen MR) is 135 cm³/mol. The molecule has 1 heterocycles. The first-order chi connectivity index (χ1) is 16.7. The van der Waals surface area contributed by atoms with Crippen LogP contribution in [-0.2, 0) is 13.1 Å². The van der Waals surface area contributed by atoms with Crippen molar-refractivity contribution in [1.82, 2.24) is 14.5 Å². The van der Waals surface area contributed by atoms with E-state index in [1.165, 1.54) is 38.3 Å². The normalized spacial score (nSPS) is 14.2. The first kappa shape index (κ1) is 27.5. The lowest BCUT2D eigenvalue weighted by Crippen LogP contribution is -2.49. The monoisotopic (exact) mass is 523 g/mol. The maximum atomic E-state index is 15.2. The Morgan fingerprint density at radius 1 is 1.06 bits per heavy atom. The van der Waals surface area contributed by atoms with Gasteiger partial charge in [0, 0.05) is 35.4 Å². The maximum absolute atomic E-state index is 15.2. The van der Waals surface area contributed by atoms with Crippen LogP contribution < -0.4 is 21.3 Å². The van der Waals surface area contributed by atoms with E-state index in [0.717, 1.165) is 40.5 Å². The van der Waals surface area contributed by atoms with Crippen LogP contribution in [0.15, 0.2) is 46.0 Å². The Morgan fingerprint density at radius 3 is 2.28 bits per heavy atom. The van der Waals surface area contributed by atoms with E-state index in [1.807, 2.05) is 6.92 Å². The minimum atomic E-state index is -0.817. The van der Waals surface area contributed by atoms with Crippen molar-refractivity contribution in [2.45, 2.75) is 58.3 Å². The third-order valence-electron chi connectivity index (χ3n) is 6.60. The molecular weight excluding hydrogens is 495 g/mol. The quantitative estimate of drug-likeness (QED) is 0.475. The number of ether oxygens (including phenoxy) is 1. The Bertz CT molecular complexity index is 1350. The zero-order valence-electron chi connectivity index (χ0n) is 20.3. The van der Waals surface area contributed by atoms with Crippen molar-refractivity contribution in [2.24, 2.45) is 0 Å². The first-order valence-electron chi connectivity index (χ1n) is 11.6. The molecule has 36 heavy (non-hydrogen) atoms. The van der Waals surface area contributed by atoms with E-state index in [4.69, 9.17) is 4.74 Å². The molecule has 0 amide bonds. The van der Waals surface area contributed by atoms with E-state index < -0.39 is 35.2 Å². The van der Waals surface area contributed by atoms with Gasteiger partial charge in [-0.3, -0.25) is 13.9 Å². The number of methoxy groups -OCH3 is 1. The largest absolute Gasteiger partial charge is 0.494 e. The molecule has 3 aromatic rings. The number of nitrogens with one attached hydrogen (secondary N) is 1. The standard InChI is InChI=1S/C26H28F3N3O3.ClH/c1-15(30-17-7-4-8-17)13-32-25(33)23(18-9-5-12-22(35-3)24(18)29)16(2)31(26(32)34)14-19-20(27)10-6-11-21(19)28;/h5-6,9-12,15,17,30H,4,7-8,13-14H2,1-3H3;1H/t15-;/m0./s1. The van der Waals surface area contributed by atoms with Crippen LogP contribution in [0.5, 0.6) is 5.75 Å². The number of benzene rings is 2. The number of hydrogen-bond acceptors (Lipinski definition) is 4. The number of aromatic nitrogens is 2. The van der Waals surface area contributed by atoms with E-state index in [9.17, 15) is 18.4 Å². The second-order valence-electron chi connectivity index (χ2n) is 8.96. The summed E-state index contributed by atoms with van der Waals surface area (Å²) in [6.45, 7) is 2.90. The summed E-state index contributed by atoms with van der Waals surface area (Å²) in [5.41, 5.74) is -1.72. The molecule has 1 N–H and O–H groups in total. The molecule has 1 aliphatic carbocycles. The van der Waals surface area contributed by atoms with Crippen LogP contribution in [0.3, 0.4) is 0 Å². The smallest absolute Gasteiger partial charge is 0.331 e. The molecule has 0 aliphatic heterocycles.